The summed E-state index contributed by atoms with van der Waals surface area (Å²) in [5, 5.41) is 0. The minimum Gasteiger partial charge on any atom is -0.493 e. The molecule has 6 heteroatoms. The largest absolute Gasteiger partial charge is 0.493 e. The summed E-state index contributed by atoms with van der Waals surface area (Å²) in [7, 11) is 2.88. The summed E-state index contributed by atoms with van der Waals surface area (Å²) in [5.74, 6) is -0.363. The van der Waals surface area contributed by atoms with Gasteiger partial charge in [-0.05, 0) is 32.3 Å². The molecule has 1 heterocycles. The van der Waals surface area contributed by atoms with Crippen LogP contribution in [0.15, 0.2) is 12.1 Å². The standard InChI is InChI=1S/C16H23FN2O3/c1-10(18)13-6-4-5-7-19(13)16(20)11-8-14(21-2)15(22-3)9-12(11)17/h8-10,13H,4-7,18H2,1-3H3/t10-,13+/m1/s1. The highest BCUT2D eigenvalue weighted by Gasteiger charge is 2.31. The van der Waals surface area contributed by atoms with Gasteiger partial charge in [0.05, 0.1) is 19.8 Å². The first-order valence-electron chi connectivity index (χ1n) is 7.47. The zero-order valence-corrected chi connectivity index (χ0v) is 13.3. The molecule has 2 N–H and O–H groups in total. The first-order chi connectivity index (χ1) is 10.5. The zero-order chi connectivity index (χ0) is 16.3. The second kappa shape index (κ2) is 6.96. The molecule has 0 saturated carbocycles. The highest BCUT2D eigenvalue weighted by Crippen LogP contribution is 2.31. The summed E-state index contributed by atoms with van der Waals surface area (Å²) < 4.78 is 24.5. The molecule has 2 atom stereocenters. The Morgan fingerprint density at radius 1 is 1.32 bits per heavy atom. The number of rotatable bonds is 4. The maximum atomic E-state index is 14.3. The van der Waals surface area contributed by atoms with E-state index < -0.39 is 5.82 Å². The van der Waals surface area contributed by atoms with Gasteiger partial charge in [-0.3, -0.25) is 4.79 Å². The van der Waals surface area contributed by atoms with Crippen LogP contribution in [-0.2, 0) is 0 Å². The Balaban J connectivity index is 2.35. The van der Waals surface area contributed by atoms with Gasteiger partial charge >= 0.3 is 0 Å². The molecule has 22 heavy (non-hydrogen) atoms. The van der Waals surface area contributed by atoms with Crippen LogP contribution in [-0.4, -0.2) is 43.7 Å². The number of amides is 1. The molecule has 1 aromatic carbocycles. The summed E-state index contributed by atoms with van der Waals surface area (Å²) in [6, 6.07) is 2.36. The van der Waals surface area contributed by atoms with E-state index in [0.29, 0.717) is 12.3 Å². The second-order valence-electron chi connectivity index (χ2n) is 5.61. The summed E-state index contributed by atoms with van der Waals surface area (Å²) in [6.45, 7) is 2.47. The van der Waals surface area contributed by atoms with Crippen LogP contribution in [0.4, 0.5) is 4.39 Å². The molecule has 122 valence electrons. The third-order valence-corrected chi connectivity index (χ3v) is 4.12. The zero-order valence-electron chi connectivity index (χ0n) is 13.3. The monoisotopic (exact) mass is 310 g/mol. The predicted molar refractivity (Wildman–Crippen MR) is 81.8 cm³/mol. The molecule has 1 fully saturated rings. The summed E-state index contributed by atoms with van der Waals surface area (Å²) in [6.07, 6.45) is 2.78. The summed E-state index contributed by atoms with van der Waals surface area (Å²) in [4.78, 5) is 14.4. The normalized spacial score (nSPS) is 19.7. The van der Waals surface area contributed by atoms with Gasteiger partial charge in [-0.1, -0.05) is 0 Å². The number of hydrogen-bond acceptors (Lipinski definition) is 4. The Kier molecular flexibility index (Phi) is 5.24. The van der Waals surface area contributed by atoms with E-state index in [0.717, 1.165) is 19.3 Å². The molecule has 0 aromatic heterocycles. The van der Waals surface area contributed by atoms with E-state index >= 15 is 0 Å². The number of nitrogens with two attached hydrogens (primary N) is 1. The van der Waals surface area contributed by atoms with Gasteiger partial charge in [0.25, 0.3) is 5.91 Å². The van der Waals surface area contributed by atoms with Gasteiger partial charge in [-0.15, -0.1) is 0 Å². The number of nitrogens with zero attached hydrogens (tertiary/aromatic N) is 1. The van der Waals surface area contributed by atoms with Crippen molar-refractivity contribution in [1.29, 1.82) is 0 Å². The van der Waals surface area contributed by atoms with E-state index in [-0.39, 0.29) is 29.3 Å². The van der Waals surface area contributed by atoms with Crippen LogP contribution in [0.25, 0.3) is 0 Å². The van der Waals surface area contributed by atoms with Gasteiger partial charge < -0.3 is 20.1 Å². The van der Waals surface area contributed by atoms with E-state index in [2.05, 4.69) is 0 Å². The van der Waals surface area contributed by atoms with Crippen molar-refractivity contribution in [1.82, 2.24) is 4.90 Å². The first kappa shape index (κ1) is 16.5. The van der Waals surface area contributed by atoms with Crippen LogP contribution < -0.4 is 15.2 Å². The quantitative estimate of drug-likeness (QED) is 0.926. The van der Waals surface area contributed by atoms with Gasteiger partial charge in [-0.25, -0.2) is 4.39 Å². The van der Waals surface area contributed by atoms with Crippen LogP contribution in [0.2, 0.25) is 0 Å². The minimum absolute atomic E-state index is 0.00907. The molecule has 5 nitrogen and oxygen atoms in total. The average molecular weight is 310 g/mol. The van der Waals surface area contributed by atoms with E-state index in [1.165, 1.54) is 26.4 Å². The molecule has 0 unspecified atom stereocenters. The van der Waals surface area contributed by atoms with E-state index in [1.54, 1.807) is 4.90 Å². The number of methoxy groups -OCH3 is 2. The highest BCUT2D eigenvalue weighted by molar-refractivity contribution is 5.95. The maximum absolute atomic E-state index is 14.3. The Bertz CT molecular complexity index is 548. The maximum Gasteiger partial charge on any atom is 0.257 e. The molecule has 0 spiro atoms. The Labute approximate surface area is 130 Å². The van der Waals surface area contributed by atoms with Crippen molar-refractivity contribution < 1.29 is 18.7 Å². The number of likely N-dealkylation sites (tertiary alicyclic amines) is 1. The highest BCUT2D eigenvalue weighted by atomic mass is 19.1. The third-order valence-electron chi connectivity index (χ3n) is 4.12. The molecular formula is C16H23FN2O3. The Hall–Kier alpha value is -1.82. The van der Waals surface area contributed by atoms with Crippen LogP contribution in [0.5, 0.6) is 11.5 Å². The number of benzene rings is 1. The molecule has 2 rings (SSSR count). The number of ether oxygens (including phenoxy) is 2. The van der Waals surface area contributed by atoms with Gasteiger partial charge in [0, 0.05) is 24.7 Å². The number of carbonyl (C=O) groups is 1. The van der Waals surface area contributed by atoms with Crippen molar-refractivity contribution in [3.05, 3.63) is 23.5 Å². The van der Waals surface area contributed by atoms with Crippen molar-refractivity contribution in [3.63, 3.8) is 0 Å². The SMILES string of the molecule is COc1cc(F)c(C(=O)N2CCCC[C@H]2[C@@H](C)N)cc1OC. The van der Waals surface area contributed by atoms with Crippen molar-refractivity contribution in [2.75, 3.05) is 20.8 Å². The molecule has 0 radical (unpaired) electrons. The molecule has 1 saturated heterocycles. The average Bonchev–Trinajstić information content (AvgIpc) is 2.53. The Morgan fingerprint density at radius 3 is 2.55 bits per heavy atom. The fourth-order valence-electron chi connectivity index (χ4n) is 2.93. The van der Waals surface area contributed by atoms with Crippen molar-refractivity contribution in [2.24, 2.45) is 5.73 Å². The van der Waals surface area contributed by atoms with Crippen LogP contribution >= 0.6 is 0 Å². The lowest BCUT2D eigenvalue weighted by molar-refractivity contribution is 0.0578. The van der Waals surface area contributed by atoms with Crippen molar-refractivity contribution in [3.8, 4) is 11.5 Å². The fourth-order valence-corrected chi connectivity index (χ4v) is 2.93. The van der Waals surface area contributed by atoms with Crippen molar-refractivity contribution in [2.45, 2.75) is 38.3 Å². The molecule has 1 aliphatic rings. The lowest BCUT2D eigenvalue weighted by Gasteiger charge is -2.38. The van der Waals surface area contributed by atoms with Gasteiger partial charge in [-0.2, -0.15) is 0 Å². The van der Waals surface area contributed by atoms with Crippen molar-refractivity contribution >= 4 is 5.91 Å². The van der Waals surface area contributed by atoms with Gasteiger partial charge in [0.1, 0.15) is 5.82 Å². The topological polar surface area (TPSA) is 64.8 Å². The number of halogens is 1. The molecular weight excluding hydrogens is 287 g/mol. The first-order valence-corrected chi connectivity index (χ1v) is 7.47. The molecule has 0 aliphatic carbocycles. The number of hydrogen-bond donors (Lipinski definition) is 1. The molecule has 1 aliphatic heterocycles. The van der Waals surface area contributed by atoms with Crippen LogP contribution in [0.3, 0.4) is 0 Å². The van der Waals surface area contributed by atoms with Crippen LogP contribution in [0, 0.1) is 5.82 Å². The van der Waals surface area contributed by atoms with E-state index in [1.807, 2.05) is 6.92 Å². The Morgan fingerprint density at radius 2 is 1.95 bits per heavy atom. The minimum atomic E-state index is -0.614. The van der Waals surface area contributed by atoms with Gasteiger partial charge in [0.15, 0.2) is 11.5 Å². The molecule has 0 bridgehead atoms. The number of piperidine rings is 1. The molecule has 1 amide bonds. The van der Waals surface area contributed by atoms with E-state index in [4.69, 9.17) is 15.2 Å². The summed E-state index contributed by atoms with van der Waals surface area (Å²) in [5.41, 5.74) is 5.97. The lowest BCUT2D eigenvalue weighted by atomic mass is 9.96. The van der Waals surface area contributed by atoms with Crippen LogP contribution in [0.1, 0.15) is 36.5 Å². The second-order valence-corrected chi connectivity index (χ2v) is 5.61. The summed E-state index contributed by atoms with van der Waals surface area (Å²) >= 11 is 0. The number of carbonyl (C=O) groups excluding carboxylic acids is 1. The lowest BCUT2D eigenvalue weighted by Crippen LogP contribution is -2.51. The fraction of sp³-hybridized carbons (Fsp3) is 0.562. The molecule has 1 aromatic rings. The van der Waals surface area contributed by atoms with Gasteiger partial charge in [0.2, 0.25) is 0 Å². The smallest absolute Gasteiger partial charge is 0.257 e. The van der Waals surface area contributed by atoms with E-state index in [9.17, 15) is 9.18 Å². The predicted octanol–water partition coefficient (Wildman–Crippen LogP) is 2.18. The third kappa shape index (κ3) is 3.16.